The van der Waals surface area contributed by atoms with Crippen molar-refractivity contribution in [2.24, 2.45) is 29.6 Å². The van der Waals surface area contributed by atoms with Crippen molar-refractivity contribution in [1.29, 1.82) is 0 Å². The van der Waals surface area contributed by atoms with Crippen molar-refractivity contribution in [3.05, 3.63) is 0 Å². The molecule has 0 aromatic carbocycles. The monoisotopic (exact) mass is 152 g/mol. The van der Waals surface area contributed by atoms with Crippen molar-refractivity contribution >= 4 is 11.8 Å². The predicted octanol–water partition coefficient (Wildman–Crippen LogP) is 0.152. The van der Waals surface area contributed by atoms with Gasteiger partial charge in [0.2, 0.25) is 0 Å². The molecule has 5 atom stereocenters. The molecule has 1 N–H and O–H groups in total. The third kappa shape index (κ3) is 0.424. The molecule has 0 amide bonds. The Morgan fingerprint density at radius 2 is 2.27 bits per heavy atom. The van der Waals surface area contributed by atoms with Crippen LogP contribution in [0.1, 0.15) is 6.42 Å². The second kappa shape index (κ2) is 1.36. The van der Waals surface area contributed by atoms with E-state index in [9.17, 15) is 9.59 Å². The molecule has 0 heterocycles. The van der Waals surface area contributed by atoms with E-state index in [4.69, 9.17) is 5.11 Å². The van der Waals surface area contributed by atoms with Crippen LogP contribution in [-0.4, -0.2) is 16.9 Å². The van der Waals surface area contributed by atoms with Crippen LogP contribution in [0.15, 0.2) is 0 Å². The maximum Gasteiger partial charge on any atom is 0.307 e. The minimum absolute atomic E-state index is 0.104. The quantitative estimate of drug-likeness (QED) is 0.582. The molecule has 3 heteroatoms. The van der Waals surface area contributed by atoms with Gasteiger partial charge in [0.25, 0.3) is 0 Å². The standard InChI is InChI=1S/C8H8O3/c9-7-3-1-2-4(5(2)7)6(3)8(10)11/h2-6H,1H2,(H,10,11)/t2-,3+,4+,5-,6+/m0/s1. The molecule has 0 radical (unpaired) electrons. The van der Waals surface area contributed by atoms with E-state index < -0.39 is 5.97 Å². The molecule has 11 heavy (non-hydrogen) atoms. The molecule has 4 saturated carbocycles. The van der Waals surface area contributed by atoms with E-state index in [1.807, 2.05) is 0 Å². The van der Waals surface area contributed by atoms with Gasteiger partial charge in [-0.3, -0.25) is 9.59 Å². The van der Waals surface area contributed by atoms with Crippen molar-refractivity contribution in [2.45, 2.75) is 6.42 Å². The Morgan fingerprint density at radius 1 is 1.55 bits per heavy atom. The molecule has 0 unspecified atom stereocenters. The maximum absolute atomic E-state index is 11.2. The summed E-state index contributed by atoms with van der Waals surface area (Å²) in [5.41, 5.74) is 0. The first-order chi connectivity index (χ1) is 5.22. The van der Waals surface area contributed by atoms with Crippen molar-refractivity contribution in [2.75, 3.05) is 0 Å². The zero-order valence-electron chi connectivity index (χ0n) is 5.86. The van der Waals surface area contributed by atoms with Crippen LogP contribution in [-0.2, 0) is 9.59 Å². The van der Waals surface area contributed by atoms with Crippen LogP contribution in [0, 0.1) is 29.6 Å². The lowest BCUT2D eigenvalue weighted by molar-refractivity contribution is -0.144. The Bertz CT molecular complexity index is 271. The van der Waals surface area contributed by atoms with Crippen molar-refractivity contribution < 1.29 is 14.7 Å². The van der Waals surface area contributed by atoms with Gasteiger partial charge in [-0.05, 0) is 18.3 Å². The number of hydrogen-bond acceptors (Lipinski definition) is 2. The smallest absolute Gasteiger partial charge is 0.307 e. The fourth-order valence-corrected chi connectivity index (χ4v) is 3.18. The summed E-state index contributed by atoms with van der Waals surface area (Å²) in [4.78, 5) is 21.9. The molecule has 0 saturated heterocycles. The number of aliphatic carboxylic acids is 1. The highest BCUT2D eigenvalue weighted by Gasteiger charge is 2.75. The van der Waals surface area contributed by atoms with Gasteiger partial charge in [-0.15, -0.1) is 0 Å². The topological polar surface area (TPSA) is 54.4 Å². The first kappa shape index (κ1) is 5.75. The van der Waals surface area contributed by atoms with Crippen LogP contribution >= 0.6 is 0 Å². The van der Waals surface area contributed by atoms with Gasteiger partial charge < -0.3 is 5.11 Å². The number of carbonyl (C=O) groups excluding carboxylic acids is 1. The average molecular weight is 152 g/mol. The Balaban J connectivity index is 2.03. The molecule has 4 bridgehead atoms. The summed E-state index contributed by atoms with van der Waals surface area (Å²) < 4.78 is 0. The number of ketones is 1. The number of Topliss-reactive ketones (excluding diaryl/α,β-unsaturated/α-hetero) is 1. The van der Waals surface area contributed by atoms with Gasteiger partial charge in [0.15, 0.2) is 0 Å². The van der Waals surface area contributed by atoms with E-state index in [0.717, 1.165) is 6.42 Å². The Morgan fingerprint density at radius 3 is 2.45 bits per heavy atom. The number of carboxylic acids is 1. The molecular formula is C8H8O3. The van der Waals surface area contributed by atoms with E-state index >= 15 is 0 Å². The fraction of sp³-hybridized carbons (Fsp3) is 0.750. The Kier molecular flexibility index (Phi) is 0.708. The van der Waals surface area contributed by atoms with Crippen molar-refractivity contribution in [1.82, 2.24) is 0 Å². The predicted molar refractivity (Wildman–Crippen MR) is 34.7 cm³/mol. The van der Waals surface area contributed by atoms with E-state index in [2.05, 4.69) is 0 Å². The second-order valence-corrected chi connectivity index (χ2v) is 3.88. The average Bonchev–Trinajstić information content (AvgIpc) is 2.33. The van der Waals surface area contributed by atoms with Gasteiger partial charge in [-0.1, -0.05) is 0 Å². The molecule has 4 aliphatic rings. The van der Waals surface area contributed by atoms with E-state index in [1.165, 1.54) is 0 Å². The van der Waals surface area contributed by atoms with Gasteiger partial charge in [0.05, 0.1) is 5.92 Å². The molecule has 58 valence electrons. The first-order valence-electron chi connectivity index (χ1n) is 3.98. The van der Waals surface area contributed by atoms with Gasteiger partial charge in [0, 0.05) is 11.8 Å². The second-order valence-electron chi connectivity index (χ2n) is 3.88. The normalized spacial score (nSPS) is 56.7. The van der Waals surface area contributed by atoms with E-state index in [1.54, 1.807) is 0 Å². The summed E-state index contributed by atoms with van der Waals surface area (Å²) in [6.07, 6.45) is 0.866. The third-order valence-electron chi connectivity index (χ3n) is 3.58. The van der Waals surface area contributed by atoms with Crippen molar-refractivity contribution in [3.63, 3.8) is 0 Å². The molecule has 0 spiro atoms. The summed E-state index contributed by atoms with van der Waals surface area (Å²) in [6, 6.07) is 0. The fourth-order valence-electron chi connectivity index (χ4n) is 3.18. The van der Waals surface area contributed by atoms with Crippen molar-refractivity contribution in [3.8, 4) is 0 Å². The van der Waals surface area contributed by atoms with E-state index in [-0.39, 0.29) is 29.5 Å². The van der Waals surface area contributed by atoms with Gasteiger partial charge in [-0.25, -0.2) is 0 Å². The third-order valence-corrected chi connectivity index (χ3v) is 3.58. The van der Waals surface area contributed by atoms with Crippen LogP contribution in [0.3, 0.4) is 0 Å². The molecule has 0 aliphatic heterocycles. The van der Waals surface area contributed by atoms with Crippen LogP contribution in [0.5, 0.6) is 0 Å². The minimum Gasteiger partial charge on any atom is -0.481 e. The molecule has 3 nitrogen and oxygen atoms in total. The summed E-state index contributed by atoms with van der Waals surface area (Å²) in [5, 5.41) is 8.77. The first-order valence-corrected chi connectivity index (χ1v) is 3.98. The highest BCUT2D eigenvalue weighted by atomic mass is 16.4. The number of hydrogen-bond donors (Lipinski definition) is 1. The van der Waals surface area contributed by atoms with E-state index in [0.29, 0.717) is 5.92 Å². The lowest BCUT2D eigenvalue weighted by Gasteiger charge is -2.05. The number of carbonyl (C=O) groups is 2. The van der Waals surface area contributed by atoms with Crippen LogP contribution < -0.4 is 0 Å². The number of rotatable bonds is 1. The van der Waals surface area contributed by atoms with Crippen LogP contribution in [0.4, 0.5) is 0 Å². The summed E-state index contributed by atoms with van der Waals surface area (Å²) >= 11 is 0. The number of carboxylic acid groups (broad SMARTS) is 1. The molecule has 0 aromatic rings. The van der Waals surface area contributed by atoms with Gasteiger partial charge >= 0.3 is 5.97 Å². The van der Waals surface area contributed by atoms with Crippen LogP contribution in [0.25, 0.3) is 0 Å². The molecular weight excluding hydrogens is 144 g/mol. The zero-order valence-corrected chi connectivity index (χ0v) is 5.86. The summed E-state index contributed by atoms with van der Waals surface area (Å²) in [5.74, 6) is -0.0482. The Labute approximate surface area is 63.4 Å². The molecule has 4 aliphatic carbocycles. The summed E-state index contributed by atoms with van der Waals surface area (Å²) in [6.45, 7) is 0. The molecule has 4 fully saturated rings. The van der Waals surface area contributed by atoms with Gasteiger partial charge in [0.1, 0.15) is 5.78 Å². The Hall–Kier alpha value is -0.860. The SMILES string of the molecule is O=C(O)[C@H]1[C@@H]2[C@@H]3C[C@H]1C(=O)[C@@H]32. The summed E-state index contributed by atoms with van der Waals surface area (Å²) in [7, 11) is 0. The lowest BCUT2D eigenvalue weighted by Crippen LogP contribution is -2.19. The minimum atomic E-state index is -0.754. The highest BCUT2D eigenvalue weighted by molar-refractivity contribution is 5.98. The zero-order chi connectivity index (χ0) is 7.75. The van der Waals surface area contributed by atoms with Gasteiger partial charge in [-0.2, -0.15) is 0 Å². The maximum atomic E-state index is 11.2. The lowest BCUT2D eigenvalue weighted by atomic mass is 9.98. The van der Waals surface area contributed by atoms with Crippen LogP contribution in [0.2, 0.25) is 0 Å². The molecule has 0 aromatic heterocycles. The highest BCUT2D eigenvalue weighted by Crippen LogP contribution is 2.71. The molecule has 4 rings (SSSR count). The largest absolute Gasteiger partial charge is 0.481 e.